The molecule has 0 bridgehead atoms. The molecule has 2 fully saturated rings. The summed E-state index contributed by atoms with van der Waals surface area (Å²) in [6, 6.07) is 14.3. The van der Waals surface area contributed by atoms with Crippen LogP contribution in [-0.2, 0) is 4.79 Å². The number of allylic oxidation sites excluding steroid dienone is 4. The third kappa shape index (κ3) is 5.99. The van der Waals surface area contributed by atoms with Crippen LogP contribution in [0, 0.1) is 29.1 Å². The third-order valence-electron chi connectivity index (χ3n) is 10.9. The highest BCUT2D eigenvalue weighted by Gasteiger charge is 2.62. The topological polar surface area (TPSA) is 77.0 Å². The Hall–Kier alpha value is -3.24. The van der Waals surface area contributed by atoms with Crippen molar-refractivity contribution < 1.29 is 9.90 Å². The predicted octanol–water partition coefficient (Wildman–Crippen LogP) is 7.77. The molecule has 1 heterocycles. The van der Waals surface area contributed by atoms with Gasteiger partial charge in [-0.1, -0.05) is 59.8 Å². The Morgan fingerprint density at radius 3 is 2.46 bits per heavy atom. The van der Waals surface area contributed by atoms with Gasteiger partial charge in [-0.2, -0.15) is 0 Å². The minimum atomic E-state index is -0.914. The highest BCUT2D eigenvalue weighted by Crippen LogP contribution is 2.66. The lowest BCUT2D eigenvalue weighted by atomic mass is 9.51. The number of ketones is 1. The molecule has 1 aliphatic heterocycles. The predicted molar refractivity (Wildman–Crippen MR) is 190 cm³/mol. The summed E-state index contributed by atoms with van der Waals surface area (Å²) in [7, 11) is 4.14. The van der Waals surface area contributed by atoms with Crippen LogP contribution < -0.4 is 15.5 Å². The van der Waals surface area contributed by atoms with E-state index in [4.69, 9.17) is 23.2 Å². The quantitative estimate of drug-likeness (QED) is 0.294. The van der Waals surface area contributed by atoms with E-state index < -0.39 is 5.60 Å². The van der Waals surface area contributed by atoms with E-state index in [9.17, 15) is 9.90 Å². The van der Waals surface area contributed by atoms with E-state index in [1.165, 1.54) is 22.4 Å². The van der Waals surface area contributed by atoms with Gasteiger partial charge >= 0.3 is 0 Å². The second kappa shape index (κ2) is 13.1. The molecule has 0 unspecified atom stereocenters. The Morgan fingerprint density at radius 1 is 1.07 bits per heavy atom. The number of hydrogen-bond donors (Lipinski definition) is 3. The normalized spacial score (nSPS) is 29.5. The molecule has 0 amide bonds. The first-order chi connectivity index (χ1) is 22.0. The number of aliphatic imine (C=N–C) groups is 1. The van der Waals surface area contributed by atoms with Crippen LogP contribution in [0.15, 0.2) is 70.3 Å². The molecular formula is C38H44Cl2N4O2. The van der Waals surface area contributed by atoms with Gasteiger partial charge in [-0.25, -0.2) is 0 Å². The van der Waals surface area contributed by atoms with Crippen LogP contribution in [0.5, 0.6) is 0 Å². The number of halogens is 2. The zero-order valence-electron chi connectivity index (χ0n) is 27.2. The summed E-state index contributed by atoms with van der Waals surface area (Å²) in [5.74, 6) is 8.48. The van der Waals surface area contributed by atoms with E-state index in [1.807, 2.05) is 13.0 Å². The van der Waals surface area contributed by atoms with Crippen molar-refractivity contribution in [2.24, 2.45) is 22.2 Å². The van der Waals surface area contributed by atoms with E-state index >= 15 is 0 Å². The summed E-state index contributed by atoms with van der Waals surface area (Å²) >= 11 is 12.0. The van der Waals surface area contributed by atoms with Gasteiger partial charge in [0.25, 0.3) is 0 Å². The second-order valence-electron chi connectivity index (χ2n) is 13.6. The molecule has 46 heavy (non-hydrogen) atoms. The number of fused-ring (bicyclic) bond motifs is 4. The molecule has 2 aromatic carbocycles. The van der Waals surface area contributed by atoms with Gasteiger partial charge < -0.3 is 20.6 Å². The lowest BCUT2D eigenvalue weighted by Crippen LogP contribution is -2.51. The number of para-hydroxylation sites is 1. The minimum absolute atomic E-state index is 0.221. The highest BCUT2D eigenvalue weighted by molar-refractivity contribution is 6.39. The second-order valence-corrected chi connectivity index (χ2v) is 14.4. The maximum Gasteiger partial charge on any atom is 0.196 e. The van der Waals surface area contributed by atoms with Crippen molar-refractivity contribution in [2.75, 3.05) is 37.4 Å². The Labute approximate surface area is 283 Å². The van der Waals surface area contributed by atoms with Crippen molar-refractivity contribution in [1.29, 1.82) is 0 Å². The number of rotatable bonds is 3. The van der Waals surface area contributed by atoms with E-state index in [-0.39, 0.29) is 17.1 Å². The molecule has 2 saturated carbocycles. The van der Waals surface area contributed by atoms with Crippen LogP contribution >= 0.6 is 23.2 Å². The van der Waals surface area contributed by atoms with Gasteiger partial charge in [0, 0.05) is 44.1 Å². The van der Waals surface area contributed by atoms with Crippen LogP contribution in [0.3, 0.4) is 0 Å². The molecule has 5 atom stereocenters. The first kappa shape index (κ1) is 32.7. The number of benzene rings is 2. The number of guanidine groups is 1. The van der Waals surface area contributed by atoms with E-state index in [0.29, 0.717) is 34.0 Å². The Bertz CT molecular complexity index is 1650. The van der Waals surface area contributed by atoms with Crippen LogP contribution in [0.2, 0.25) is 10.0 Å². The van der Waals surface area contributed by atoms with Crippen LogP contribution in [0.1, 0.15) is 70.3 Å². The van der Waals surface area contributed by atoms with Gasteiger partial charge in [0.2, 0.25) is 0 Å². The zero-order chi connectivity index (χ0) is 32.6. The fraction of sp³-hybridized carbons (Fsp3) is 0.474. The van der Waals surface area contributed by atoms with Gasteiger partial charge in [-0.15, -0.1) is 5.92 Å². The Kier molecular flexibility index (Phi) is 9.31. The number of nitrogens with zero attached hydrogens (tertiary/aromatic N) is 2. The molecule has 8 heteroatoms. The number of hydrogen-bond acceptors (Lipinski definition) is 6. The van der Waals surface area contributed by atoms with E-state index in [2.05, 4.69) is 77.7 Å². The van der Waals surface area contributed by atoms with Crippen molar-refractivity contribution in [1.82, 2.24) is 5.32 Å². The fourth-order valence-corrected chi connectivity index (χ4v) is 9.09. The molecule has 6 nitrogen and oxygen atoms in total. The number of carbonyl (C=O) groups is 1. The monoisotopic (exact) mass is 658 g/mol. The number of carbonyl (C=O) groups excluding carboxylic acids is 1. The first-order valence-corrected chi connectivity index (χ1v) is 17.2. The molecule has 3 N–H and O–H groups in total. The third-order valence-corrected chi connectivity index (χ3v) is 11.5. The molecule has 0 aromatic heterocycles. The molecule has 5 aliphatic rings. The lowest BCUT2D eigenvalue weighted by Gasteiger charge is -2.53. The summed E-state index contributed by atoms with van der Waals surface area (Å²) in [4.78, 5) is 18.5. The number of nitrogens with one attached hydrogen (secondary N) is 2. The molecule has 0 radical (unpaired) electrons. The average Bonchev–Trinajstić information content (AvgIpc) is 3.64. The summed E-state index contributed by atoms with van der Waals surface area (Å²) in [5, 5.41) is 19.0. The number of anilines is 2. The molecule has 7 rings (SSSR count). The van der Waals surface area contributed by atoms with Crippen molar-refractivity contribution in [2.45, 2.75) is 70.3 Å². The minimum Gasteiger partial charge on any atom is -0.378 e. The van der Waals surface area contributed by atoms with Gasteiger partial charge in [0.1, 0.15) is 5.60 Å². The fourth-order valence-electron chi connectivity index (χ4n) is 8.60. The lowest BCUT2D eigenvalue weighted by molar-refractivity contribution is -0.114. The standard InChI is InChI=1S/C29H35NO2.C9H9Cl2N3/c1-5-15-29(32)16-14-26-24-12-8-20-17-22(31)11-13-23(20)27(24)25(18-28(26,29)2)19-6-9-21(10-7-19)30(3)4;10-6-2-1-3-7(11)8(6)14-9-12-4-5-13-9/h6-7,9-10,17,24-26,32H,8,11-14,16,18H2,1-4H3;1-3H,4-5H2,(H2,12,13,14)/t24-,25+,26-,28-,29-;/m0./s1. The average molecular weight is 660 g/mol. The maximum absolute atomic E-state index is 12.2. The largest absolute Gasteiger partial charge is 0.378 e. The molecule has 4 aliphatic carbocycles. The SMILES string of the molecule is CC#C[C@]1(O)CC[C@H]2[C@@H]3CCC4=CC(=O)CCC4=C3[C@@H](c3ccc(N(C)C)cc3)C[C@@]21C.Clc1cccc(Cl)c1NC1=NCCN1. The van der Waals surface area contributed by atoms with Crippen molar-refractivity contribution in [3.05, 3.63) is 80.9 Å². The zero-order valence-corrected chi connectivity index (χ0v) is 28.7. The number of aliphatic hydroxyl groups is 1. The molecule has 0 saturated heterocycles. The first-order valence-electron chi connectivity index (χ1n) is 16.4. The van der Waals surface area contributed by atoms with Crippen molar-refractivity contribution in [3.63, 3.8) is 0 Å². The summed E-state index contributed by atoms with van der Waals surface area (Å²) in [6.07, 6.45) is 8.23. The molecule has 2 aromatic rings. The summed E-state index contributed by atoms with van der Waals surface area (Å²) < 4.78 is 0. The summed E-state index contributed by atoms with van der Waals surface area (Å²) in [5.41, 5.74) is 6.41. The Morgan fingerprint density at radius 2 is 1.80 bits per heavy atom. The van der Waals surface area contributed by atoms with Crippen molar-refractivity contribution >= 4 is 46.3 Å². The molecular weight excluding hydrogens is 615 g/mol. The highest BCUT2D eigenvalue weighted by atomic mass is 35.5. The maximum atomic E-state index is 12.2. The van der Waals surface area contributed by atoms with Gasteiger partial charge in [0.05, 0.1) is 22.3 Å². The van der Waals surface area contributed by atoms with Gasteiger partial charge in [-0.05, 0) is 104 Å². The van der Waals surface area contributed by atoms with E-state index in [0.717, 1.165) is 57.6 Å². The van der Waals surface area contributed by atoms with Crippen LogP contribution in [0.4, 0.5) is 11.4 Å². The Balaban J connectivity index is 0.000000221. The molecule has 0 spiro atoms. The van der Waals surface area contributed by atoms with Crippen molar-refractivity contribution in [3.8, 4) is 11.8 Å². The van der Waals surface area contributed by atoms with Crippen LogP contribution in [-0.4, -0.2) is 49.6 Å². The van der Waals surface area contributed by atoms with Gasteiger partial charge in [0.15, 0.2) is 11.7 Å². The van der Waals surface area contributed by atoms with Crippen LogP contribution in [0.25, 0.3) is 0 Å². The summed E-state index contributed by atoms with van der Waals surface area (Å²) in [6.45, 7) is 5.78. The smallest absolute Gasteiger partial charge is 0.196 e. The molecule has 242 valence electrons. The van der Waals surface area contributed by atoms with Gasteiger partial charge in [-0.3, -0.25) is 9.79 Å². The van der Waals surface area contributed by atoms with E-state index in [1.54, 1.807) is 23.8 Å².